The van der Waals surface area contributed by atoms with Gasteiger partial charge in [-0.05, 0) is 79.9 Å². The molecule has 0 aliphatic heterocycles. The number of halogens is 4. The standard InChI is InChI=1S/C6H2FI3/c7-3-1-4(8)6(10)5(9)2-3/h1-2H. The lowest BCUT2D eigenvalue weighted by molar-refractivity contribution is 0.625. The first-order valence-electron chi connectivity index (χ1n) is 2.41. The highest BCUT2D eigenvalue weighted by Crippen LogP contribution is 2.22. The predicted molar refractivity (Wildman–Crippen MR) is 64.6 cm³/mol. The molecular weight excluding hydrogens is 472 g/mol. The molecule has 0 aliphatic rings. The quantitative estimate of drug-likeness (QED) is 0.307. The van der Waals surface area contributed by atoms with Crippen molar-refractivity contribution in [3.05, 3.63) is 28.7 Å². The smallest absolute Gasteiger partial charge is 0.125 e. The molecule has 0 nitrogen and oxygen atoms in total. The Bertz CT molecular complexity index is 236. The molecule has 0 N–H and O–H groups in total. The Hall–Kier alpha value is 1.34. The van der Waals surface area contributed by atoms with Crippen molar-refractivity contribution in [3.63, 3.8) is 0 Å². The van der Waals surface area contributed by atoms with Crippen LogP contribution in [0.15, 0.2) is 12.1 Å². The van der Waals surface area contributed by atoms with Crippen molar-refractivity contribution in [3.8, 4) is 0 Å². The molecular formula is C6H2FI3. The van der Waals surface area contributed by atoms with Gasteiger partial charge < -0.3 is 0 Å². The van der Waals surface area contributed by atoms with Crippen molar-refractivity contribution in [2.75, 3.05) is 0 Å². The maximum atomic E-state index is 12.6. The number of benzene rings is 1. The Labute approximate surface area is 99.4 Å². The minimum absolute atomic E-state index is 0.158. The SMILES string of the molecule is Fc1cc(I)c(I)c(I)c1. The summed E-state index contributed by atoms with van der Waals surface area (Å²) in [4.78, 5) is 0. The van der Waals surface area contributed by atoms with Gasteiger partial charge in [-0.3, -0.25) is 0 Å². The first-order chi connectivity index (χ1) is 4.61. The van der Waals surface area contributed by atoms with Crippen LogP contribution < -0.4 is 0 Å². The molecule has 54 valence electrons. The highest BCUT2D eigenvalue weighted by atomic mass is 127. The van der Waals surface area contributed by atoms with Crippen LogP contribution in [0.5, 0.6) is 0 Å². The van der Waals surface area contributed by atoms with Crippen molar-refractivity contribution < 1.29 is 4.39 Å². The van der Waals surface area contributed by atoms with Gasteiger partial charge in [0.05, 0.1) is 0 Å². The van der Waals surface area contributed by atoms with Gasteiger partial charge in [-0.15, -0.1) is 0 Å². The number of hydrogen-bond donors (Lipinski definition) is 0. The van der Waals surface area contributed by atoms with E-state index < -0.39 is 0 Å². The summed E-state index contributed by atoms with van der Waals surface area (Å²) in [6.07, 6.45) is 0. The van der Waals surface area contributed by atoms with Crippen LogP contribution >= 0.6 is 67.8 Å². The molecule has 0 atom stereocenters. The summed E-state index contributed by atoms with van der Waals surface area (Å²) in [7, 11) is 0. The zero-order chi connectivity index (χ0) is 7.72. The van der Waals surface area contributed by atoms with Crippen LogP contribution in [0, 0.1) is 16.5 Å². The van der Waals surface area contributed by atoms with E-state index in [0.717, 1.165) is 10.7 Å². The summed E-state index contributed by atoms with van der Waals surface area (Å²) in [6, 6.07) is 3.06. The Morgan fingerprint density at radius 3 is 1.80 bits per heavy atom. The Morgan fingerprint density at radius 2 is 1.40 bits per heavy atom. The van der Waals surface area contributed by atoms with Gasteiger partial charge in [0.1, 0.15) is 5.82 Å². The van der Waals surface area contributed by atoms with Gasteiger partial charge in [-0.1, -0.05) is 0 Å². The summed E-state index contributed by atoms with van der Waals surface area (Å²) < 4.78 is 15.7. The second-order valence-corrected chi connectivity index (χ2v) is 5.09. The van der Waals surface area contributed by atoms with Crippen LogP contribution in [0.4, 0.5) is 4.39 Å². The third-order valence-electron chi connectivity index (χ3n) is 0.949. The molecule has 0 radical (unpaired) electrons. The largest absolute Gasteiger partial charge is 0.207 e. The first kappa shape index (κ1) is 9.43. The molecule has 0 unspecified atom stereocenters. The fourth-order valence-corrected chi connectivity index (χ4v) is 2.53. The van der Waals surface area contributed by atoms with Crippen molar-refractivity contribution in [2.45, 2.75) is 0 Å². The van der Waals surface area contributed by atoms with E-state index in [2.05, 4.69) is 67.8 Å². The molecule has 1 rings (SSSR count). The molecule has 0 amide bonds. The van der Waals surface area contributed by atoms with Gasteiger partial charge >= 0.3 is 0 Å². The fourth-order valence-electron chi connectivity index (χ4n) is 0.525. The molecule has 0 spiro atoms. The van der Waals surface area contributed by atoms with Crippen LogP contribution in [0.25, 0.3) is 0 Å². The van der Waals surface area contributed by atoms with E-state index in [1.807, 2.05) is 0 Å². The van der Waals surface area contributed by atoms with Crippen LogP contribution in [-0.4, -0.2) is 0 Å². The molecule has 0 saturated heterocycles. The van der Waals surface area contributed by atoms with E-state index in [4.69, 9.17) is 0 Å². The molecule has 1 aromatic carbocycles. The minimum atomic E-state index is -0.158. The minimum Gasteiger partial charge on any atom is -0.207 e. The van der Waals surface area contributed by atoms with Gasteiger partial charge in [0.15, 0.2) is 0 Å². The highest BCUT2D eigenvalue weighted by molar-refractivity contribution is 14.1. The van der Waals surface area contributed by atoms with Gasteiger partial charge in [0, 0.05) is 10.7 Å². The van der Waals surface area contributed by atoms with Gasteiger partial charge in [0.25, 0.3) is 0 Å². The average Bonchev–Trinajstić information content (AvgIpc) is 1.82. The highest BCUT2D eigenvalue weighted by Gasteiger charge is 2.02. The normalized spacial score (nSPS) is 10.0. The van der Waals surface area contributed by atoms with Crippen molar-refractivity contribution in [2.24, 2.45) is 0 Å². The van der Waals surface area contributed by atoms with Gasteiger partial charge in [0.2, 0.25) is 0 Å². The van der Waals surface area contributed by atoms with Crippen LogP contribution in [0.2, 0.25) is 0 Å². The summed E-state index contributed by atoms with van der Waals surface area (Å²) in [5, 5.41) is 0. The lowest BCUT2D eigenvalue weighted by Gasteiger charge is -1.98. The van der Waals surface area contributed by atoms with Gasteiger partial charge in [-0.25, -0.2) is 4.39 Å². The van der Waals surface area contributed by atoms with E-state index in [1.54, 1.807) is 0 Å². The summed E-state index contributed by atoms with van der Waals surface area (Å²) >= 11 is 6.45. The second-order valence-electron chi connectivity index (χ2n) is 1.68. The topological polar surface area (TPSA) is 0 Å². The maximum absolute atomic E-state index is 12.6. The van der Waals surface area contributed by atoms with Gasteiger partial charge in [-0.2, -0.15) is 0 Å². The van der Waals surface area contributed by atoms with E-state index in [1.165, 1.54) is 12.1 Å². The molecule has 0 fully saturated rings. The fraction of sp³-hybridized carbons (Fsp3) is 0. The lowest BCUT2D eigenvalue weighted by Crippen LogP contribution is -1.86. The van der Waals surface area contributed by atoms with Crippen molar-refractivity contribution in [1.29, 1.82) is 0 Å². The molecule has 1 aromatic rings. The second kappa shape index (κ2) is 3.83. The molecule has 4 heteroatoms. The summed E-state index contributed by atoms with van der Waals surface area (Å²) in [6.45, 7) is 0. The zero-order valence-electron chi connectivity index (χ0n) is 4.67. The van der Waals surface area contributed by atoms with Crippen molar-refractivity contribution >= 4 is 67.8 Å². The molecule has 0 aliphatic carbocycles. The number of rotatable bonds is 0. The molecule has 0 heterocycles. The molecule has 10 heavy (non-hydrogen) atoms. The lowest BCUT2D eigenvalue weighted by atomic mass is 10.4. The number of hydrogen-bond acceptors (Lipinski definition) is 0. The van der Waals surface area contributed by atoms with E-state index >= 15 is 0 Å². The van der Waals surface area contributed by atoms with Crippen molar-refractivity contribution in [1.82, 2.24) is 0 Å². The summed E-state index contributed by atoms with van der Waals surface area (Å²) in [5.74, 6) is -0.158. The Morgan fingerprint density at radius 1 is 1.00 bits per heavy atom. The first-order valence-corrected chi connectivity index (χ1v) is 5.65. The van der Waals surface area contributed by atoms with Crippen LogP contribution in [-0.2, 0) is 0 Å². The monoisotopic (exact) mass is 474 g/mol. The van der Waals surface area contributed by atoms with E-state index in [9.17, 15) is 4.39 Å². The maximum Gasteiger partial charge on any atom is 0.125 e. The predicted octanol–water partition coefficient (Wildman–Crippen LogP) is 3.64. The Kier molecular flexibility index (Phi) is 3.61. The molecule has 0 bridgehead atoms. The third kappa shape index (κ3) is 2.16. The third-order valence-corrected chi connectivity index (χ3v) is 5.88. The average molecular weight is 474 g/mol. The summed E-state index contributed by atoms with van der Waals surface area (Å²) in [5.41, 5.74) is 0. The zero-order valence-corrected chi connectivity index (χ0v) is 11.1. The van der Waals surface area contributed by atoms with E-state index in [-0.39, 0.29) is 5.82 Å². The Balaban J connectivity index is 3.31. The molecule has 0 aromatic heterocycles. The van der Waals surface area contributed by atoms with E-state index in [0.29, 0.717) is 0 Å². The molecule has 0 saturated carbocycles. The van der Waals surface area contributed by atoms with Crippen LogP contribution in [0.3, 0.4) is 0 Å². The van der Waals surface area contributed by atoms with Crippen LogP contribution in [0.1, 0.15) is 0 Å².